The number of rotatable bonds is 4. The number of hydrogen-bond acceptors (Lipinski definition) is 3. The summed E-state index contributed by atoms with van der Waals surface area (Å²) in [4.78, 5) is 0. The second-order valence-corrected chi connectivity index (χ2v) is 4.61. The number of nitrogens with two attached hydrogens (primary N) is 1. The number of aryl methyl sites for hydroxylation is 1. The van der Waals surface area contributed by atoms with Crippen LogP contribution in [0.4, 0.5) is 0 Å². The van der Waals surface area contributed by atoms with Gasteiger partial charge in [0, 0.05) is 5.69 Å². The Morgan fingerprint density at radius 3 is 2.28 bits per heavy atom. The Morgan fingerprint density at radius 1 is 1.11 bits per heavy atom. The second kappa shape index (κ2) is 4.90. The normalized spacial score (nSPS) is 11.8. The van der Waals surface area contributed by atoms with E-state index in [4.69, 9.17) is 5.73 Å². The maximum absolute atomic E-state index is 6.45. The van der Waals surface area contributed by atoms with Gasteiger partial charge in [0.2, 0.25) is 0 Å². The van der Waals surface area contributed by atoms with Gasteiger partial charge in [-0.1, -0.05) is 32.0 Å². The van der Waals surface area contributed by atoms with Crippen LogP contribution in [-0.2, 0) is 5.54 Å². The highest BCUT2D eigenvalue weighted by Crippen LogP contribution is 2.26. The Hall–Kier alpha value is -1.68. The summed E-state index contributed by atoms with van der Waals surface area (Å²) in [6, 6.07) is 10.1. The van der Waals surface area contributed by atoms with Gasteiger partial charge in [0.15, 0.2) is 5.82 Å². The molecule has 1 aromatic heterocycles. The zero-order valence-corrected chi connectivity index (χ0v) is 11.2. The molecule has 2 N–H and O–H groups in total. The Kier molecular flexibility index (Phi) is 3.48. The fraction of sp³-hybridized carbons (Fsp3) is 0.429. The zero-order chi connectivity index (χ0) is 13.2. The summed E-state index contributed by atoms with van der Waals surface area (Å²) in [5, 5.41) is 8.48. The molecule has 4 heteroatoms. The SMILES string of the molecule is CCC(N)(CC)c1nnc(C)n1-c1ccccc1. The summed E-state index contributed by atoms with van der Waals surface area (Å²) in [6.07, 6.45) is 1.68. The third-order valence-corrected chi connectivity index (χ3v) is 3.55. The fourth-order valence-electron chi connectivity index (χ4n) is 2.14. The molecule has 1 heterocycles. The van der Waals surface area contributed by atoms with Crippen molar-refractivity contribution in [3.63, 3.8) is 0 Å². The Bertz CT molecular complexity index is 512. The van der Waals surface area contributed by atoms with Crippen LogP contribution in [0.3, 0.4) is 0 Å². The second-order valence-electron chi connectivity index (χ2n) is 4.61. The lowest BCUT2D eigenvalue weighted by molar-refractivity contribution is 0.380. The molecular weight excluding hydrogens is 224 g/mol. The van der Waals surface area contributed by atoms with E-state index in [0.29, 0.717) is 0 Å². The maximum Gasteiger partial charge on any atom is 0.157 e. The van der Waals surface area contributed by atoms with Crippen molar-refractivity contribution >= 4 is 0 Å². The minimum Gasteiger partial charge on any atom is -0.319 e. The van der Waals surface area contributed by atoms with E-state index in [1.807, 2.05) is 41.8 Å². The first-order valence-electron chi connectivity index (χ1n) is 6.39. The largest absolute Gasteiger partial charge is 0.319 e. The van der Waals surface area contributed by atoms with Crippen molar-refractivity contribution in [1.82, 2.24) is 14.8 Å². The highest BCUT2D eigenvalue weighted by molar-refractivity contribution is 5.35. The molecule has 0 fully saturated rings. The van der Waals surface area contributed by atoms with Crippen LogP contribution in [0, 0.1) is 6.92 Å². The van der Waals surface area contributed by atoms with Crippen molar-refractivity contribution in [2.24, 2.45) is 5.73 Å². The predicted molar refractivity (Wildman–Crippen MR) is 72.5 cm³/mol. The van der Waals surface area contributed by atoms with Gasteiger partial charge in [-0.2, -0.15) is 0 Å². The summed E-state index contributed by atoms with van der Waals surface area (Å²) < 4.78 is 2.05. The van der Waals surface area contributed by atoms with Crippen molar-refractivity contribution in [2.45, 2.75) is 39.2 Å². The first-order valence-corrected chi connectivity index (χ1v) is 6.39. The van der Waals surface area contributed by atoms with Gasteiger partial charge >= 0.3 is 0 Å². The minimum atomic E-state index is -0.420. The van der Waals surface area contributed by atoms with Gasteiger partial charge in [-0.25, -0.2) is 0 Å². The van der Waals surface area contributed by atoms with Crippen LogP contribution >= 0.6 is 0 Å². The number of para-hydroxylation sites is 1. The summed E-state index contributed by atoms with van der Waals surface area (Å²) in [5.41, 5.74) is 7.09. The number of hydrogen-bond donors (Lipinski definition) is 1. The Balaban J connectivity index is 2.59. The van der Waals surface area contributed by atoms with Crippen LogP contribution in [0.25, 0.3) is 5.69 Å². The van der Waals surface area contributed by atoms with Crippen LogP contribution in [0.2, 0.25) is 0 Å². The van der Waals surface area contributed by atoms with E-state index >= 15 is 0 Å². The minimum absolute atomic E-state index is 0.420. The molecule has 96 valence electrons. The van der Waals surface area contributed by atoms with Crippen molar-refractivity contribution in [2.75, 3.05) is 0 Å². The van der Waals surface area contributed by atoms with Gasteiger partial charge in [-0.15, -0.1) is 10.2 Å². The lowest BCUT2D eigenvalue weighted by atomic mass is 9.93. The number of nitrogens with zero attached hydrogens (tertiary/aromatic N) is 3. The van der Waals surface area contributed by atoms with Crippen LogP contribution in [0.1, 0.15) is 38.3 Å². The highest BCUT2D eigenvalue weighted by atomic mass is 15.3. The first-order chi connectivity index (χ1) is 8.62. The summed E-state index contributed by atoms with van der Waals surface area (Å²) >= 11 is 0. The van der Waals surface area contributed by atoms with E-state index in [1.165, 1.54) is 0 Å². The van der Waals surface area contributed by atoms with E-state index < -0.39 is 5.54 Å². The van der Waals surface area contributed by atoms with Gasteiger partial charge in [0.1, 0.15) is 5.82 Å². The molecule has 2 aromatic rings. The molecule has 0 aliphatic carbocycles. The molecule has 0 radical (unpaired) electrons. The fourth-order valence-corrected chi connectivity index (χ4v) is 2.14. The molecular formula is C14H20N4. The molecule has 0 aliphatic rings. The molecule has 0 saturated carbocycles. The van der Waals surface area contributed by atoms with Crippen LogP contribution < -0.4 is 5.73 Å². The third kappa shape index (κ3) is 2.04. The van der Waals surface area contributed by atoms with Crippen molar-refractivity contribution in [3.05, 3.63) is 42.0 Å². The molecule has 2 rings (SSSR count). The molecule has 0 aliphatic heterocycles. The summed E-state index contributed by atoms with van der Waals surface area (Å²) in [5.74, 6) is 1.71. The number of benzene rings is 1. The van der Waals surface area contributed by atoms with E-state index in [0.717, 1.165) is 30.2 Å². The van der Waals surface area contributed by atoms with E-state index in [9.17, 15) is 0 Å². The molecule has 1 aromatic carbocycles. The monoisotopic (exact) mass is 244 g/mol. The van der Waals surface area contributed by atoms with E-state index in [2.05, 4.69) is 24.0 Å². The average Bonchev–Trinajstić information content (AvgIpc) is 2.81. The Labute approximate surface area is 108 Å². The smallest absolute Gasteiger partial charge is 0.157 e. The lowest BCUT2D eigenvalue weighted by Gasteiger charge is -2.26. The van der Waals surface area contributed by atoms with E-state index in [1.54, 1.807) is 0 Å². The molecule has 0 atom stereocenters. The van der Waals surface area contributed by atoms with E-state index in [-0.39, 0.29) is 0 Å². The molecule has 18 heavy (non-hydrogen) atoms. The van der Waals surface area contributed by atoms with Crippen LogP contribution in [-0.4, -0.2) is 14.8 Å². The standard InChI is InChI=1S/C14H20N4/c1-4-14(15,5-2)13-17-16-11(3)18(13)12-9-7-6-8-10-12/h6-10H,4-5,15H2,1-3H3. The quantitative estimate of drug-likeness (QED) is 0.899. The Morgan fingerprint density at radius 2 is 1.72 bits per heavy atom. The molecule has 0 spiro atoms. The maximum atomic E-state index is 6.45. The molecule has 0 saturated heterocycles. The van der Waals surface area contributed by atoms with Crippen LogP contribution in [0.5, 0.6) is 0 Å². The van der Waals surface area contributed by atoms with Gasteiger partial charge < -0.3 is 5.73 Å². The van der Waals surface area contributed by atoms with Gasteiger partial charge in [-0.05, 0) is 31.9 Å². The number of aromatic nitrogens is 3. The molecule has 4 nitrogen and oxygen atoms in total. The van der Waals surface area contributed by atoms with Crippen molar-refractivity contribution in [3.8, 4) is 5.69 Å². The average molecular weight is 244 g/mol. The molecule has 0 amide bonds. The molecule has 0 bridgehead atoms. The van der Waals surface area contributed by atoms with Gasteiger partial charge in [-0.3, -0.25) is 4.57 Å². The van der Waals surface area contributed by atoms with Crippen LogP contribution in [0.15, 0.2) is 30.3 Å². The summed E-state index contributed by atoms with van der Waals surface area (Å²) in [6.45, 7) is 6.13. The zero-order valence-electron chi connectivity index (χ0n) is 11.2. The van der Waals surface area contributed by atoms with Gasteiger partial charge in [0.25, 0.3) is 0 Å². The topological polar surface area (TPSA) is 56.7 Å². The lowest BCUT2D eigenvalue weighted by Crippen LogP contribution is -2.38. The first kappa shape index (κ1) is 12.8. The molecule has 0 unspecified atom stereocenters. The third-order valence-electron chi connectivity index (χ3n) is 3.55. The predicted octanol–water partition coefficient (Wildman–Crippen LogP) is 2.55. The van der Waals surface area contributed by atoms with Gasteiger partial charge in [0.05, 0.1) is 5.54 Å². The summed E-state index contributed by atoms with van der Waals surface area (Å²) in [7, 11) is 0. The highest BCUT2D eigenvalue weighted by Gasteiger charge is 2.30. The van der Waals surface area contributed by atoms with Crippen molar-refractivity contribution < 1.29 is 0 Å². The van der Waals surface area contributed by atoms with Crippen molar-refractivity contribution in [1.29, 1.82) is 0 Å².